The average molecular weight is 279 g/mol. The number of aromatic nitrogens is 2. The standard InChI is InChI=1S/C18H21N3/c1-14-7-3-4-8-16(14)10-11-19-13-17-15(2)20-18-9-5-6-12-21(17)18/h3-9,12,19H,10-11,13H2,1-2H3. The second kappa shape index (κ2) is 6.10. The summed E-state index contributed by atoms with van der Waals surface area (Å²) in [6.07, 6.45) is 3.14. The molecule has 0 aliphatic carbocycles. The fourth-order valence-electron chi connectivity index (χ4n) is 2.70. The normalized spacial score (nSPS) is 11.1. The summed E-state index contributed by atoms with van der Waals surface area (Å²) in [6.45, 7) is 6.07. The summed E-state index contributed by atoms with van der Waals surface area (Å²) in [6, 6.07) is 14.7. The Labute approximate surface area is 125 Å². The molecule has 2 aromatic heterocycles. The number of aryl methyl sites for hydroxylation is 2. The zero-order valence-corrected chi connectivity index (χ0v) is 12.6. The zero-order valence-electron chi connectivity index (χ0n) is 12.6. The van der Waals surface area contributed by atoms with E-state index in [0.29, 0.717) is 0 Å². The summed E-state index contributed by atoms with van der Waals surface area (Å²) in [5.74, 6) is 0. The molecule has 0 saturated carbocycles. The predicted octanol–water partition coefficient (Wildman–Crippen LogP) is 3.28. The van der Waals surface area contributed by atoms with Gasteiger partial charge in [0.25, 0.3) is 0 Å². The smallest absolute Gasteiger partial charge is 0.137 e. The number of fused-ring (bicyclic) bond motifs is 1. The first-order chi connectivity index (χ1) is 10.3. The van der Waals surface area contributed by atoms with Crippen LogP contribution >= 0.6 is 0 Å². The van der Waals surface area contributed by atoms with Crippen LogP contribution in [0.15, 0.2) is 48.7 Å². The second-order valence-electron chi connectivity index (χ2n) is 5.43. The Morgan fingerprint density at radius 2 is 1.86 bits per heavy atom. The van der Waals surface area contributed by atoms with E-state index < -0.39 is 0 Å². The van der Waals surface area contributed by atoms with Crippen LogP contribution in [0.1, 0.15) is 22.5 Å². The van der Waals surface area contributed by atoms with Crippen LogP contribution in [0.2, 0.25) is 0 Å². The summed E-state index contributed by atoms with van der Waals surface area (Å²) in [7, 11) is 0. The molecule has 0 radical (unpaired) electrons. The van der Waals surface area contributed by atoms with Crippen LogP contribution < -0.4 is 5.32 Å². The second-order valence-corrected chi connectivity index (χ2v) is 5.43. The van der Waals surface area contributed by atoms with Crippen molar-refractivity contribution in [1.82, 2.24) is 14.7 Å². The monoisotopic (exact) mass is 279 g/mol. The van der Waals surface area contributed by atoms with E-state index in [1.165, 1.54) is 16.8 Å². The summed E-state index contributed by atoms with van der Waals surface area (Å²) in [5.41, 5.74) is 6.15. The number of hydrogen-bond donors (Lipinski definition) is 1. The molecule has 1 aromatic carbocycles. The molecule has 21 heavy (non-hydrogen) atoms. The molecule has 0 atom stereocenters. The van der Waals surface area contributed by atoms with Crippen LogP contribution in [0.4, 0.5) is 0 Å². The third-order valence-electron chi connectivity index (χ3n) is 3.95. The van der Waals surface area contributed by atoms with Crippen LogP contribution in [-0.2, 0) is 13.0 Å². The van der Waals surface area contributed by atoms with Gasteiger partial charge in [-0.05, 0) is 50.1 Å². The lowest BCUT2D eigenvalue weighted by Crippen LogP contribution is -2.18. The predicted molar refractivity (Wildman–Crippen MR) is 86.5 cm³/mol. The van der Waals surface area contributed by atoms with Crippen LogP contribution in [0.3, 0.4) is 0 Å². The van der Waals surface area contributed by atoms with E-state index in [4.69, 9.17) is 0 Å². The lowest BCUT2D eigenvalue weighted by atomic mass is 10.1. The van der Waals surface area contributed by atoms with Gasteiger partial charge in [0, 0.05) is 12.7 Å². The minimum atomic E-state index is 0.850. The molecular formula is C18H21N3. The number of hydrogen-bond acceptors (Lipinski definition) is 2. The fraction of sp³-hybridized carbons (Fsp3) is 0.278. The van der Waals surface area contributed by atoms with Gasteiger partial charge in [-0.2, -0.15) is 0 Å². The summed E-state index contributed by atoms with van der Waals surface area (Å²) in [5, 5.41) is 3.54. The molecule has 0 aliphatic rings. The van der Waals surface area contributed by atoms with E-state index in [0.717, 1.165) is 30.9 Å². The lowest BCUT2D eigenvalue weighted by molar-refractivity contribution is 0.667. The first-order valence-corrected chi connectivity index (χ1v) is 7.43. The molecule has 108 valence electrons. The highest BCUT2D eigenvalue weighted by atomic mass is 15.0. The van der Waals surface area contributed by atoms with Crippen LogP contribution in [0.5, 0.6) is 0 Å². The third-order valence-corrected chi connectivity index (χ3v) is 3.95. The number of pyridine rings is 1. The van der Waals surface area contributed by atoms with Crippen molar-refractivity contribution in [2.45, 2.75) is 26.8 Å². The molecule has 0 fully saturated rings. The van der Waals surface area contributed by atoms with Crippen LogP contribution in [0.25, 0.3) is 5.65 Å². The Morgan fingerprint density at radius 1 is 1.05 bits per heavy atom. The average Bonchev–Trinajstić information content (AvgIpc) is 2.81. The van der Waals surface area contributed by atoms with E-state index >= 15 is 0 Å². The molecule has 3 rings (SSSR count). The van der Waals surface area contributed by atoms with Crippen molar-refractivity contribution >= 4 is 5.65 Å². The van der Waals surface area contributed by atoms with Crippen LogP contribution in [0, 0.1) is 13.8 Å². The van der Waals surface area contributed by atoms with Crippen molar-refractivity contribution in [3.63, 3.8) is 0 Å². The van der Waals surface area contributed by atoms with Crippen molar-refractivity contribution in [3.05, 3.63) is 71.2 Å². The van der Waals surface area contributed by atoms with Gasteiger partial charge < -0.3 is 9.72 Å². The first kappa shape index (κ1) is 13.8. The molecule has 3 heteroatoms. The Hall–Kier alpha value is -2.13. The highest BCUT2D eigenvalue weighted by Crippen LogP contribution is 2.11. The van der Waals surface area contributed by atoms with Crippen molar-refractivity contribution < 1.29 is 0 Å². The van der Waals surface area contributed by atoms with Gasteiger partial charge in [-0.25, -0.2) is 4.98 Å². The Morgan fingerprint density at radius 3 is 2.71 bits per heavy atom. The van der Waals surface area contributed by atoms with Gasteiger partial charge in [0.1, 0.15) is 5.65 Å². The maximum absolute atomic E-state index is 4.59. The maximum atomic E-state index is 4.59. The molecule has 0 spiro atoms. The van der Waals surface area contributed by atoms with Crippen molar-refractivity contribution in [2.75, 3.05) is 6.54 Å². The summed E-state index contributed by atoms with van der Waals surface area (Å²) >= 11 is 0. The molecule has 3 aromatic rings. The van der Waals surface area contributed by atoms with E-state index in [1.807, 2.05) is 18.2 Å². The molecule has 2 heterocycles. The molecule has 0 unspecified atom stereocenters. The van der Waals surface area contributed by atoms with E-state index in [1.54, 1.807) is 0 Å². The minimum Gasteiger partial charge on any atom is -0.311 e. The number of nitrogens with zero attached hydrogens (tertiary/aromatic N) is 2. The highest BCUT2D eigenvalue weighted by Gasteiger charge is 2.07. The molecule has 1 N–H and O–H groups in total. The Bertz CT molecular complexity index is 743. The molecule has 0 bridgehead atoms. The van der Waals surface area contributed by atoms with E-state index in [-0.39, 0.29) is 0 Å². The lowest BCUT2D eigenvalue weighted by Gasteiger charge is -2.08. The molecule has 0 aliphatic heterocycles. The molecular weight excluding hydrogens is 258 g/mol. The quantitative estimate of drug-likeness (QED) is 0.726. The van der Waals surface area contributed by atoms with Gasteiger partial charge in [0.2, 0.25) is 0 Å². The largest absolute Gasteiger partial charge is 0.311 e. The highest BCUT2D eigenvalue weighted by molar-refractivity contribution is 5.42. The Balaban J connectivity index is 1.62. The van der Waals surface area contributed by atoms with Gasteiger partial charge in [-0.15, -0.1) is 0 Å². The third kappa shape index (κ3) is 2.98. The minimum absolute atomic E-state index is 0.850. The maximum Gasteiger partial charge on any atom is 0.137 e. The SMILES string of the molecule is Cc1ccccc1CCNCc1c(C)nc2ccccn12. The van der Waals surface area contributed by atoms with E-state index in [9.17, 15) is 0 Å². The van der Waals surface area contributed by atoms with Crippen LogP contribution in [-0.4, -0.2) is 15.9 Å². The van der Waals surface area contributed by atoms with Crippen molar-refractivity contribution in [3.8, 4) is 0 Å². The van der Waals surface area contributed by atoms with Crippen molar-refractivity contribution in [2.24, 2.45) is 0 Å². The number of imidazole rings is 1. The van der Waals surface area contributed by atoms with Gasteiger partial charge in [-0.3, -0.25) is 0 Å². The van der Waals surface area contributed by atoms with Crippen molar-refractivity contribution in [1.29, 1.82) is 0 Å². The number of nitrogens with one attached hydrogen (secondary N) is 1. The van der Waals surface area contributed by atoms with Gasteiger partial charge in [0.15, 0.2) is 0 Å². The van der Waals surface area contributed by atoms with Gasteiger partial charge >= 0.3 is 0 Å². The first-order valence-electron chi connectivity index (χ1n) is 7.43. The zero-order chi connectivity index (χ0) is 14.7. The number of rotatable bonds is 5. The van der Waals surface area contributed by atoms with E-state index in [2.05, 4.69) is 59.0 Å². The number of benzene rings is 1. The summed E-state index contributed by atoms with van der Waals surface area (Å²) < 4.78 is 2.16. The van der Waals surface area contributed by atoms with Gasteiger partial charge in [0.05, 0.1) is 11.4 Å². The Kier molecular flexibility index (Phi) is 4.02. The molecule has 3 nitrogen and oxygen atoms in total. The van der Waals surface area contributed by atoms with Gasteiger partial charge in [-0.1, -0.05) is 30.3 Å². The molecule has 0 amide bonds. The molecule has 0 saturated heterocycles. The summed E-state index contributed by atoms with van der Waals surface area (Å²) in [4.78, 5) is 4.59. The fourth-order valence-corrected chi connectivity index (χ4v) is 2.70. The topological polar surface area (TPSA) is 29.3 Å².